The van der Waals surface area contributed by atoms with Crippen molar-refractivity contribution in [3.05, 3.63) is 60.2 Å². The number of aliphatic carboxylic acids is 1. The zero-order chi connectivity index (χ0) is 20.9. The molecule has 0 aromatic heterocycles. The molecule has 0 atom stereocenters. The molecule has 0 heterocycles. The number of ether oxygens (including phenoxy) is 2. The molecule has 0 radical (unpaired) electrons. The van der Waals surface area contributed by atoms with Crippen molar-refractivity contribution in [2.24, 2.45) is 10.2 Å². The maximum Gasteiger partial charge on any atom is 0.330 e. The average Bonchev–Trinajstić information content (AvgIpc) is 2.75. The Hall–Kier alpha value is -3.15. The summed E-state index contributed by atoms with van der Waals surface area (Å²) < 4.78 is 10.9. The SMILES string of the molecule is COc1ccc(/N=N/c2ccc(OCCCCCCC=C(C)C(=O)O)cc2)cc1. The number of hydrogen-bond donors (Lipinski definition) is 1. The Morgan fingerprint density at radius 2 is 1.45 bits per heavy atom. The molecule has 0 bridgehead atoms. The lowest BCUT2D eigenvalue weighted by atomic mass is 10.1. The lowest BCUT2D eigenvalue weighted by Crippen LogP contribution is -1.97. The van der Waals surface area contributed by atoms with Crippen molar-refractivity contribution in [3.8, 4) is 11.5 Å². The van der Waals surface area contributed by atoms with Crippen molar-refractivity contribution in [1.82, 2.24) is 0 Å². The highest BCUT2D eigenvalue weighted by Crippen LogP contribution is 2.23. The molecular formula is C23H28N2O4. The molecule has 2 rings (SSSR count). The Bertz CT molecular complexity index is 812. The number of benzene rings is 2. The minimum atomic E-state index is -0.841. The minimum Gasteiger partial charge on any atom is -0.497 e. The van der Waals surface area contributed by atoms with Gasteiger partial charge in [-0.15, -0.1) is 0 Å². The Labute approximate surface area is 171 Å². The third kappa shape index (κ3) is 8.60. The van der Waals surface area contributed by atoms with Gasteiger partial charge in [-0.2, -0.15) is 10.2 Å². The van der Waals surface area contributed by atoms with E-state index in [2.05, 4.69) is 10.2 Å². The first-order valence-electron chi connectivity index (χ1n) is 9.77. The molecule has 6 heteroatoms. The smallest absolute Gasteiger partial charge is 0.330 e. The first-order valence-corrected chi connectivity index (χ1v) is 9.77. The number of allylic oxidation sites excluding steroid dienone is 1. The van der Waals surface area contributed by atoms with Gasteiger partial charge in [-0.05, 0) is 74.7 Å². The highest BCUT2D eigenvalue weighted by atomic mass is 16.5. The van der Waals surface area contributed by atoms with E-state index in [0.29, 0.717) is 12.2 Å². The highest BCUT2D eigenvalue weighted by molar-refractivity contribution is 5.85. The molecule has 29 heavy (non-hydrogen) atoms. The van der Waals surface area contributed by atoms with E-state index in [1.54, 1.807) is 20.1 Å². The van der Waals surface area contributed by atoms with E-state index >= 15 is 0 Å². The van der Waals surface area contributed by atoms with Crippen LogP contribution in [0.25, 0.3) is 0 Å². The molecule has 6 nitrogen and oxygen atoms in total. The second-order valence-electron chi connectivity index (χ2n) is 6.64. The van der Waals surface area contributed by atoms with E-state index in [1.807, 2.05) is 48.5 Å². The van der Waals surface area contributed by atoms with Gasteiger partial charge in [-0.25, -0.2) is 4.79 Å². The van der Waals surface area contributed by atoms with Crippen LogP contribution in [-0.4, -0.2) is 24.8 Å². The van der Waals surface area contributed by atoms with Crippen molar-refractivity contribution >= 4 is 17.3 Å². The van der Waals surface area contributed by atoms with Crippen LogP contribution in [0.5, 0.6) is 11.5 Å². The molecule has 0 saturated carbocycles. The number of nitrogens with zero attached hydrogens (tertiary/aromatic N) is 2. The van der Waals surface area contributed by atoms with Gasteiger partial charge in [-0.3, -0.25) is 0 Å². The number of carboxylic acid groups (broad SMARTS) is 1. The van der Waals surface area contributed by atoms with Gasteiger partial charge >= 0.3 is 5.97 Å². The van der Waals surface area contributed by atoms with E-state index in [9.17, 15) is 4.79 Å². The summed E-state index contributed by atoms with van der Waals surface area (Å²) in [5.74, 6) is 0.760. The van der Waals surface area contributed by atoms with Crippen molar-refractivity contribution in [3.63, 3.8) is 0 Å². The molecule has 2 aromatic carbocycles. The summed E-state index contributed by atoms with van der Waals surface area (Å²) in [7, 11) is 1.63. The molecular weight excluding hydrogens is 368 g/mol. The second kappa shape index (κ2) is 12.3. The molecule has 0 aliphatic carbocycles. The fraction of sp³-hybridized carbons (Fsp3) is 0.348. The van der Waals surface area contributed by atoms with Gasteiger partial charge in [0, 0.05) is 5.57 Å². The Morgan fingerprint density at radius 3 is 2.00 bits per heavy atom. The maximum atomic E-state index is 10.7. The van der Waals surface area contributed by atoms with Gasteiger partial charge in [0.25, 0.3) is 0 Å². The van der Waals surface area contributed by atoms with Gasteiger partial charge in [0.05, 0.1) is 25.1 Å². The molecule has 154 valence electrons. The number of methoxy groups -OCH3 is 1. The molecule has 0 amide bonds. The number of azo groups is 1. The van der Waals surface area contributed by atoms with Crippen LogP contribution >= 0.6 is 0 Å². The fourth-order valence-corrected chi connectivity index (χ4v) is 2.57. The molecule has 0 aliphatic heterocycles. The van der Waals surface area contributed by atoms with Crippen LogP contribution in [0.1, 0.15) is 39.0 Å². The van der Waals surface area contributed by atoms with E-state index in [0.717, 1.165) is 55.0 Å². The van der Waals surface area contributed by atoms with Crippen LogP contribution in [0.2, 0.25) is 0 Å². The van der Waals surface area contributed by atoms with Crippen LogP contribution in [0, 0.1) is 0 Å². The van der Waals surface area contributed by atoms with Crippen LogP contribution in [0.4, 0.5) is 11.4 Å². The van der Waals surface area contributed by atoms with Crippen LogP contribution in [0.15, 0.2) is 70.4 Å². The number of carboxylic acids is 1. The van der Waals surface area contributed by atoms with Crippen molar-refractivity contribution < 1.29 is 19.4 Å². The average molecular weight is 396 g/mol. The maximum absolute atomic E-state index is 10.7. The topological polar surface area (TPSA) is 80.5 Å². The molecule has 0 saturated heterocycles. The molecule has 0 unspecified atom stereocenters. The third-order valence-corrected chi connectivity index (χ3v) is 4.35. The van der Waals surface area contributed by atoms with Gasteiger partial charge in [0.2, 0.25) is 0 Å². The van der Waals surface area contributed by atoms with Crippen molar-refractivity contribution in [2.45, 2.75) is 39.0 Å². The van der Waals surface area contributed by atoms with Crippen molar-refractivity contribution in [1.29, 1.82) is 0 Å². The third-order valence-electron chi connectivity index (χ3n) is 4.35. The molecule has 2 aromatic rings. The molecule has 0 fully saturated rings. The first-order chi connectivity index (χ1) is 14.1. The quantitative estimate of drug-likeness (QED) is 0.253. The number of unbranched alkanes of at least 4 members (excludes halogenated alkanes) is 4. The van der Waals surface area contributed by atoms with E-state index < -0.39 is 5.97 Å². The standard InChI is InChI=1S/C23H28N2O4/c1-18(23(26)27)8-6-4-3-5-7-17-29-22-15-11-20(12-16-22)25-24-19-9-13-21(28-2)14-10-19/h8-16H,3-7,17H2,1-2H3,(H,26,27)/b18-8?,25-24+. The summed E-state index contributed by atoms with van der Waals surface area (Å²) in [6, 6.07) is 14.9. The van der Waals surface area contributed by atoms with Gasteiger partial charge in [0.1, 0.15) is 11.5 Å². The van der Waals surface area contributed by atoms with Crippen molar-refractivity contribution in [2.75, 3.05) is 13.7 Å². The van der Waals surface area contributed by atoms with Crippen LogP contribution in [-0.2, 0) is 4.79 Å². The van der Waals surface area contributed by atoms with E-state index in [-0.39, 0.29) is 0 Å². The number of rotatable bonds is 12. The zero-order valence-electron chi connectivity index (χ0n) is 17.0. The predicted octanol–water partition coefficient (Wildman–Crippen LogP) is 6.47. The van der Waals surface area contributed by atoms with Gasteiger partial charge < -0.3 is 14.6 Å². The molecule has 1 N–H and O–H groups in total. The Kier molecular flexibility index (Phi) is 9.42. The summed E-state index contributed by atoms with van der Waals surface area (Å²) in [4.78, 5) is 10.7. The second-order valence-corrected chi connectivity index (χ2v) is 6.64. The van der Waals surface area contributed by atoms with Crippen LogP contribution < -0.4 is 9.47 Å². The minimum absolute atomic E-state index is 0.417. The lowest BCUT2D eigenvalue weighted by molar-refractivity contribution is -0.132. The molecule has 0 aliphatic rings. The summed E-state index contributed by atoms with van der Waals surface area (Å²) in [5.41, 5.74) is 1.94. The molecule has 0 spiro atoms. The highest BCUT2D eigenvalue weighted by Gasteiger charge is 1.99. The lowest BCUT2D eigenvalue weighted by Gasteiger charge is -2.06. The summed E-state index contributed by atoms with van der Waals surface area (Å²) in [6.45, 7) is 2.29. The monoisotopic (exact) mass is 396 g/mol. The first kappa shape index (κ1) is 22.1. The van der Waals surface area contributed by atoms with E-state index in [1.165, 1.54) is 0 Å². The number of carbonyl (C=O) groups is 1. The normalized spacial score (nSPS) is 11.6. The largest absolute Gasteiger partial charge is 0.497 e. The summed E-state index contributed by atoms with van der Waals surface area (Å²) >= 11 is 0. The zero-order valence-corrected chi connectivity index (χ0v) is 17.0. The Balaban J connectivity index is 1.64. The number of hydrogen-bond acceptors (Lipinski definition) is 5. The fourth-order valence-electron chi connectivity index (χ4n) is 2.57. The summed E-state index contributed by atoms with van der Waals surface area (Å²) in [5, 5.41) is 17.2. The van der Waals surface area contributed by atoms with Gasteiger partial charge in [0.15, 0.2) is 0 Å². The van der Waals surface area contributed by atoms with Crippen LogP contribution in [0.3, 0.4) is 0 Å². The predicted molar refractivity (Wildman–Crippen MR) is 114 cm³/mol. The van der Waals surface area contributed by atoms with Gasteiger partial charge in [-0.1, -0.05) is 18.9 Å². The Morgan fingerprint density at radius 1 is 0.897 bits per heavy atom. The summed E-state index contributed by atoms with van der Waals surface area (Å²) in [6.07, 6.45) is 6.70. The van der Waals surface area contributed by atoms with E-state index in [4.69, 9.17) is 14.6 Å².